The highest BCUT2D eigenvalue weighted by atomic mass is 32.1. The molecule has 0 bridgehead atoms. The van der Waals surface area contributed by atoms with E-state index in [1.807, 2.05) is 23.6 Å². The van der Waals surface area contributed by atoms with Gasteiger partial charge in [0.25, 0.3) is 5.91 Å². The third kappa shape index (κ3) is 2.28. The van der Waals surface area contributed by atoms with Gasteiger partial charge in [-0.15, -0.1) is 11.3 Å². The second kappa shape index (κ2) is 4.82. The molecule has 0 spiro atoms. The van der Waals surface area contributed by atoms with Gasteiger partial charge in [0.1, 0.15) is 0 Å². The normalized spacial score (nSPS) is 10.6. The van der Waals surface area contributed by atoms with Gasteiger partial charge < -0.3 is 14.8 Å². The number of rotatable bonds is 3. The minimum atomic E-state index is -1.20. The van der Waals surface area contributed by atoms with E-state index in [0.717, 1.165) is 10.1 Å². The van der Waals surface area contributed by atoms with Crippen molar-refractivity contribution in [2.75, 3.05) is 5.32 Å². The first-order valence-corrected chi connectivity index (χ1v) is 6.63. The van der Waals surface area contributed by atoms with Gasteiger partial charge in [0.15, 0.2) is 5.76 Å². The predicted molar refractivity (Wildman–Crippen MR) is 75.4 cm³/mol. The van der Waals surface area contributed by atoms with Crippen LogP contribution in [0.15, 0.2) is 46.2 Å². The summed E-state index contributed by atoms with van der Waals surface area (Å²) in [5.74, 6) is -1.98. The number of amides is 1. The second-order valence-corrected chi connectivity index (χ2v) is 5.04. The summed E-state index contributed by atoms with van der Waals surface area (Å²) < 4.78 is 6.08. The number of carboxylic acid groups (broad SMARTS) is 1. The van der Waals surface area contributed by atoms with Crippen LogP contribution in [0, 0.1) is 0 Å². The number of aromatic carboxylic acids is 1. The molecule has 20 heavy (non-hydrogen) atoms. The number of carbonyl (C=O) groups excluding carboxylic acids is 1. The lowest BCUT2D eigenvalue weighted by Crippen LogP contribution is -2.10. The molecule has 1 aromatic carbocycles. The first-order valence-electron chi connectivity index (χ1n) is 5.75. The number of anilines is 1. The van der Waals surface area contributed by atoms with Crippen LogP contribution < -0.4 is 5.32 Å². The van der Waals surface area contributed by atoms with Crippen LogP contribution in [0.3, 0.4) is 0 Å². The summed E-state index contributed by atoms with van der Waals surface area (Å²) in [7, 11) is 0. The minimum absolute atomic E-state index is 0.0344. The third-order valence-corrected chi connectivity index (χ3v) is 3.65. The number of thiophene rings is 1. The Bertz CT molecular complexity index is 802. The average molecular weight is 287 g/mol. The SMILES string of the molecule is O=C(O)c1ccc(C(=O)Nc2ccc3sccc3c2)o1. The molecule has 3 aromatic rings. The summed E-state index contributed by atoms with van der Waals surface area (Å²) in [6.07, 6.45) is 0. The van der Waals surface area contributed by atoms with Crippen LogP contribution in [0.1, 0.15) is 21.1 Å². The first-order chi connectivity index (χ1) is 9.63. The summed E-state index contributed by atoms with van der Waals surface area (Å²) in [5, 5.41) is 14.4. The summed E-state index contributed by atoms with van der Waals surface area (Å²) in [6, 6.07) is 10.1. The van der Waals surface area contributed by atoms with Gasteiger partial charge in [-0.25, -0.2) is 4.79 Å². The van der Waals surface area contributed by atoms with Gasteiger partial charge in [0.2, 0.25) is 5.76 Å². The summed E-state index contributed by atoms with van der Waals surface area (Å²) in [5.41, 5.74) is 0.633. The van der Waals surface area contributed by atoms with Crippen molar-refractivity contribution in [3.05, 3.63) is 53.3 Å². The minimum Gasteiger partial charge on any atom is -0.475 e. The molecule has 2 aromatic heterocycles. The second-order valence-electron chi connectivity index (χ2n) is 4.10. The van der Waals surface area contributed by atoms with Gasteiger partial charge in [0, 0.05) is 10.4 Å². The van der Waals surface area contributed by atoms with E-state index >= 15 is 0 Å². The molecule has 100 valence electrons. The van der Waals surface area contributed by atoms with E-state index in [9.17, 15) is 9.59 Å². The Kier molecular flexibility index (Phi) is 3.00. The molecule has 6 heteroatoms. The van der Waals surface area contributed by atoms with Crippen molar-refractivity contribution in [3.8, 4) is 0 Å². The van der Waals surface area contributed by atoms with Gasteiger partial charge in [-0.2, -0.15) is 0 Å². The number of hydrogen-bond acceptors (Lipinski definition) is 4. The Morgan fingerprint density at radius 1 is 1.10 bits per heavy atom. The summed E-state index contributed by atoms with van der Waals surface area (Å²) in [4.78, 5) is 22.6. The molecule has 0 unspecified atom stereocenters. The Hall–Kier alpha value is -2.60. The Morgan fingerprint density at radius 3 is 2.65 bits per heavy atom. The molecule has 0 aliphatic rings. The first kappa shape index (κ1) is 12.4. The van der Waals surface area contributed by atoms with Gasteiger partial charge >= 0.3 is 5.97 Å². The van der Waals surface area contributed by atoms with E-state index in [4.69, 9.17) is 9.52 Å². The summed E-state index contributed by atoms with van der Waals surface area (Å²) in [6.45, 7) is 0. The maximum Gasteiger partial charge on any atom is 0.371 e. The number of hydrogen-bond donors (Lipinski definition) is 2. The largest absolute Gasteiger partial charge is 0.475 e. The van der Waals surface area contributed by atoms with Gasteiger partial charge in [-0.1, -0.05) is 0 Å². The van der Waals surface area contributed by atoms with Crippen molar-refractivity contribution in [3.63, 3.8) is 0 Å². The predicted octanol–water partition coefficient (Wildman–Crippen LogP) is 3.44. The van der Waals surface area contributed by atoms with Crippen LogP contribution in [-0.2, 0) is 0 Å². The van der Waals surface area contributed by atoms with Crippen molar-refractivity contribution in [1.29, 1.82) is 0 Å². The maximum absolute atomic E-state index is 11.9. The van der Waals surface area contributed by atoms with E-state index in [-0.39, 0.29) is 11.5 Å². The zero-order valence-corrected chi connectivity index (χ0v) is 10.9. The van der Waals surface area contributed by atoms with Crippen LogP contribution in [0.5, 0.6) is 0 Å². The lowest BCUT2D eigenvalue weighted by Gasteiger charge is -2.03. The average Bonchev–Trinajstić information content (AvgIpc) is 3.07. The van der Waals surface area contributed by atoms with Gasteiger partial charge in [-0.05, 0) is 47.2 Å². The molecule has 2 heterocycles. The van der Waals surface area contributed by atoms with Crippen molar-refractivity contribution in [2.45, 2.75) is 0 Å². The van der Waals surface area contributed by atoms with E-state index < -0.39 is 11.9 Å². The Balaban J connectivity index is 1.82. The lowest BCUT2D eigenvalue weighted by molar-refractivity contribution is 0.0660. The molecule has 0 saturated heterocycles. The molecule has 0 aliphatic carbocycles. The van der Waals surface area contributed by atoms with Crippen molar-refractivity contribution in [1.82, 2.24) is 0 Å². The van der Waals surface area contributed by atoms with Crippen LogP contribution in [0.4, 0.5) is 5.69 Å². The molecule has 0 saturated carbocycles. The Labute approximate surface area is 117 Å². The number of furan rings is 1. The molecule has 0 radical (unpaired) electrons. The number of nitrogens with one attached hydrogen (secondary N) is 1. The zero-order chi connectivity index (χ0) is 14.1. The fourth-order valence-electron chi connectivity index (χ4n) is 1.81. The van der Waals surface area contributed by atoms with E-state index in [1.165, 1.54) is 12.1 Å². The highest BCUT2D eigenvalue weighted by Gasteiger charge is 2.15. The molecule has 1 amide bonds. The van der Waals surface area contributed by atoms with Crippen molar-refractivity contribution >= 4 is 39.0 Å². The monoisotopic (exact) mass is 287 g/mol. The standard InChI is InChI=1S/C14H9NO4S/c16-13(10-2-3-11(19-10)14(17)18)15-9-1-4-12-8(7-9)5-6-20-12/h1-7H,(H,15,16)(H,17,18). The fraction of sp³-hybridized carbons (Fsp3) is 0. The maximum atomic E-state index is 11.9. The van der Waals surface area contributed by atoms with Crippen LogP contribution >= 0.6 is 11.3 Å². The van der Waals surface area contributed by atoms with Crippen LogP contribution in [-0.4, -0.2) is 17.0 Å². The quantitative estimate of drug-likeness (QED) is 0.773. The summed E-state index contributed by atoms with van der Waals surface area (Å²) >= 11 is 1.62. The number of fused-ring (bicyclic) bond motifs is 1. The molecule has 0 fully saturated rings. The fourth-order valence-corrected chi connectivity index (χ4v) is 2.58. The zero-order valence-electron chi connectivity index (χ0n) is 10.1. The third-order valence-electron chi connectivity index (χ3n) is 2.75. The highest BCUT2D eigenvalue weighted by molar-refractivity contribution is 7.17. The molecular formula is C14H9NO4S. The number of carboxylic acids is 1. The molecule has 3 rings (SSSR count). The molecule has 2 N–H and O–H groups in total. The van der Waals surface area contributed by atoms with Gasteiger partial charge in [-0.3, -0.25) is 4.79 Å². The smallest absolute Gasteiger partial charge is 0.371 e. The van der Waals surface area contributed by atoms with Crippen molar-refractivity contribution < 1.29 is 19.1 Å². The lowest BCUT2D eigenvalue weighted by atomic mass is 10.2. The molecule has 0 atom stereocenters. The van der Waals surface area contributed by atoms with Crippen LogP contribution in [0.25, 0.3) is 10.1 Å². The van der Waals surface area contributed by atoms with E-state index in [1.54, 1.807) is 17.4 Å². The van der Waals surface area contributed by atoms with Crippen LogP contribution in [0.2, 0.25) is 0 Å². The highest BCUT2D eigenvalue weighted by Crippen LogP contribution is 2.24. The number of carbonyl (C=O) groups is 2. The van der Waals surface area contributed by atoms with Gasteiger partial charge in [0.05, 0.1) is 0 Å². The number of benzene rings is 1. The van der Waals surface area contributed by atoms with Crippen molar-refractivity contribution in [2.24, 2.45) is 0 Å². The molecular weight excluding hydrogens is 278 g/mol. The van der Waals surface area contributed by atoms with E-state index in [0.29, 0.717) is 5.69 Å². The topological polar surface area (TPSA) is 79.5 Å². The molecule has 0 aliphatic heterocycles. The van der Waals surface area contributed by atoms with E-state index in [2.05, 4.69) is 5.32 Å². The molecule has 5 nitrogen and oxygen atoms in total. The Morgan fingerprint density at radius 2 is 1.90 bits per heavy atom.